The molecule has 9 heavy (non-hydrogen) atoms. The van der Waals surface area contributed by atoms with Crippen molar-refractivity contribution < 1.29 is 20.3 Å². The fourth-order valence-corrected chi connectivity index (χ4v) is 1.11. The summed E-state index contributed by atoms with van der Waals surface area (Å²) < 4.78 is 0. The van der Waals surface area contributed by atoms with E-state index >= 15 is 0 Å². The van der Waals surface area contributed by atoms with E-state index in [1.54, 1.807) is 0 Å². The van der Waals surface area contributed by atoms with Crippen molar-refractivity contribution >= 4 is 0 Å². The molecule has 0 aromatic heterocycles. The first kappa shape index (κ1) is 6.95. The molecule has 4 nitrogen and oxygen atoms in total. The molecule has 0 amide bonds. The molecule has 0 spiro atoms. The molecule has 0 radical (unpaired) electrons. The zero-order valence-corrected chi connectivity index (χ0v) is 5.04. The second-order valence-corrected chi connectivity index (χ2v) is 2.30. The quantitative estimate of drug-likeness (QED) is 0.339. The molecule has 0 saturated heterocycles. The summed E-state index contributed by atoms with van der Waals surface area (Å²) in [6.07, 6.45) is 2.95. The monoisotopic (exact) mass is 134 g/mol. The molecule has 0 aliphatic heterocycles. The number of rotatable bonds is 2. The van der Waals surface area contributed by atoms with Crippen molar-refractivity contribution in [3.63, 3.8) is 0 Å². The molecule has 0 unspecified atom stereocenters. The Morgan fingerprint density at radius 2 is 1.44 bits per heavy atom. The molecular weight excluding hydrogens is 124 g/mol. The van der Waals surface area contributed by atoms with Gasteiger partial charge in [-0.1, -0.05) is 0 Å². The van der Waals surface area contributed by atoms with E-state index in [0.29, 0.717) is 12.8 Å². The molecule has 1 fully saturated rings. The minimum absolute atomic E-state index is 0.556. The molecule has 54 valence electrons. The van der Waals surface area contributed by atoms with Crippen molar-refractivity contribution in [2.45, 2.75) is 31.5 Å². The third-order valence-electron chi connectivity index (χ3n) is 1.70. The topological polar surface area (TPSA) is 58.9 Å². The first-order valence-electron chi connectivity index (χ1n) is 2.98. The summed E-state index contributed by atoms with van der Waals surface area (Å²) >= 11 is 0. The lowest BCUT2D eigenvalue weighted by Crippen LogP contribution is -2.29. The Morgan fingerprint density at radius 3 is 1.67 bits per heavy atom. The van der Waals surface area contributed by atoms with Crippen LogP contribution in [0.4, 0.5) is 0 Å². The second-order valence-electron chi connectivity index (χ2n) is 2.30. The normalized spacial score (nSPS) is 24.7. The fourth-order valence-electron chi connectivity index (χ4n) is 1.11. The van der Waals surface area contributed by atoms with Crippen LogP contribution in [0.3, 0.4) is 0 Å². The Morgan fingerprint density at radius 1 is 1.00 bits per heavy atom. The zero-order valence-electron chi connectivity index (χ0n) is 5.04. The highest BCUT2D eigenvalue weighted by atomic mass is 17.2. The predicted octanol–water partition coefficient (Wildman–Crippen LogP) is 1.24. The average Bonchev–Trinajstić information content (AvgIpc) is 2.36. The molecule has 0 atom stereocenters. The predicted molar refractivity (Wildman–Crippen MR) is 28.6 cm³/mol. The third kappa shape index (κ3) is 1.21. The summed E-state index contributed by atoms with van der Waals surface area (Å²) in [5, 5.41) is 16.5. The molecule has 1 rings (SSSR count). The van der Waals surface area contributed by atoms with Crippen LogP contribution in [0, 0.1) is 0 Å². The summed E-state index contributed by atoms with van der Waals surface area (Å²) in [5.41, 5.74) is 0. The molecule has 0 heterocycles. The Balaban J connectivity index is 2.45. The first-order valence-corrected chi connectivity index (χ1v) is 2.98. The van der Waals surface area contributed by atoms with Crippen molar-refractivity contribution in [3.05, 3.63) is 0 Å². The van der Waals surface area contributed by atoms with Crippen molar-refractivity contribution in [2.75, 3.05) is 0 Å². The van der Waals surface area contributed by atoms with Gasteiger partial charge < -0.3 is 0 Å². The summed E-state index contributed by atoms with van der Waals surface area (Å²) in [6.45, 7) is 0. The van der Waals surface area contributed by atoms with Gasteiger partial charge in [-0.2, -0.15) is 0 Å². The Bertz CT molecular complexity index is 81.0. The van der Waals surface area contributed by atoms with E-state index in [0.717, 1.165) is 12.8 Å². The SMILES string of the molecule is OOC1(OO)CCCC1. The van der Waals surface area contributed by atoms with Crippen molar-refractivity contribution in [3.8, 4) is 0 Å². The lowest BCUT2D eigenvalue weighted by molar-refractivity contribution is -0.484. The molecular formula is C5H10O4. The van der Waals surface area contributed by atoms with Gasteiger partial charge >= 0.3 is 0 Å². The maximum Gasteiger partial charge on any atom is 0.233 e. The summed E-state index contributed by atoms with van der Waals surface area (Å²) in [4.78, 5) is 7.95. The second kappa shape index (κ2) is 2.62. The number of hydrogen-bond acceptors (Lipinski definition) is 4. The highest BCUT2D eigenvalue weighted by Gasteiger charge is 2.37. The van der Waals surface area contributed by atoms with Crippen LogP contribution in [0.2, 0.25) is 0 Å². The van der Waals surface area contributed by atoms with Gasteiger partial charge in [-0.15, -0.1) is 0 Å². The summed E-state index contributed by atoms with van der Waals surface area (Å²) in [5.74, 6) is -1.11. The van der Waals surface area contributed by atoms with Crippen LogP contribution in [0.5, 0.6) is 0 Å². The molecule has 2 N–H and O–H groups in total. The lowest BCUT2D eigenvalue weighted by atomic mass is 10.2. The summed E-state index contributed by atoms with van der Waals surface area (Å²) in [7, 11) is 0. The van der Waals surface area contributed by atoms with E-state index in [1.165, 1.54) is 0 Å². The molecule has 1 aliphatic carbocycles. The van der Waals surface area contributed by atoms with Crippen molar-refractivity contribution in [1.82, 2.24) is 0 Å². The van der Waals surface area contributed by atoms with E-state index in [1.807, 2.05) is 0 Å². The summed E-state index contributed by atoms with van der Waals surface area (Å²) in [6, 6.07) is 0. The first-order chi connectivity index (χ1) is 4.33. The van der Waals surface area contributed by atoms with E-state index < -0.39 is 5.79 Å². The fraction of sp³-hybridized carbons (Fsp3) is 1.00. The van der Waals surface area contributed by atoms with E-state index in [9.17, 15) is 0 Å². The van der Waals surface area contributed by atoms with Crippen molar-refractivity contribution in [2.24, 2.45) is 0 Å². The molecule has 4 heteroatoms. The van der Waals surface area contributed by atoms with Gasteiger partial charge in [0.1, 0.15) is 0 Å². The van der Waals surface area contributed by atoms with E-state index in [-0.39, 0.29) is 0 Å². The Hall–Kier alpha value is -0.160. The molecule has 1 aliphatic rings. The molecule has 1 saturated carbocycles. The number of hydrogen-bond donors (Lipinski definition) is 2. The van der Waals surface area contributed by atoms with Crippen molar-refractivity contribution in [1.29, 1.82) is 0 Å². The maximum atomic E-state index is 8.23. The van der Waals surface area contributed by atoms with Crippen LogP contribution in [-0.4, -0.2) is 16.3 Å². The van der Waals surface area contributed by atoms with Crippen LogP contribution in [0.25, 0.3) is 0 Å². The Labute approximate surface area is 52.9 Å². The van der Waals surface area contributed by atoms with Gasteiger partial charge in [0.15, 0.2) is 0 Å². The molecule has 0 bridgehead atoms. The lowest BCUT2D eigenvalue weighted by Gasteiger charge is -2.19. The van der Waals surface area contributed by atoms with Gasteiger partial charge in [-0.25, -0.2) is 20.3 Å². The van der Waals surface area contributed by atoms with Gasteiger partial charge in [-0.05, 0) is 12.8 Å². The van der Waals surface area contributed by atoms with Crippen LogP contribution in [-0.2, 0) is 9.78 Å². The standard InChI is InChI=1S/C5H10O4/c6-8-5(9-7)3-1-2-4-5/h6-7H,1-4H2. The van der Waals surface area contributed by atoms with Gasteiger partial charge in [0.25, 0.3) is 0 Å². The van der Waals surface area contributed by atoms with Crippen LogP contribution < -0.4 is 0 Å². The maximum absolute atomic E-state index is 8.23. The van der Waals surface area contributed by atoms with Gasteiger partial charge in [-0.3, -0.25) is 0 Å². The van der Waals surface area contributed by atoms with Gasteiger partial charge in [0.05, 0.1) is 0 Å². The van der Waals surface area contributed by atoms with Crippen LogP contribution >= 0.6 is 0 Å². The molecule has 0 aromatic rings. The zero-order chi connectivity index (χ0) is 6.74. The minimum atomic E-state index is -1.11. The highest BCUT2D eigenvalue weighted by molar-refractivity contribution is 4.74. The largest absolute Gasteiger partial charge is 0.249 e. The minimum Gasteiger partial charge on any atom is -0.249 e. The van der Waals surface area contributed by atoms with E-state index in [2.05, 4.69) is 9.78 Å². The Kier molecular flexibility index (Phi) is 2.02. The van der Waals surface area contributed by atoms with Crippen LogP contribution in [0.15, 0.2) is 0 Å². The van der Waals surface area contributed by atoms with Gasteiger partial charge in [0.2, 0.25) is 5.79 Å². The third-order valence-corrected chi connectivity index (χ3v) is 1.70. The molecule has 0 aromatic carbocycles. The van der Waals surface area contributed by atoms with E-state index in [4.69, 9.17) is 10.5 Å². The average molecular weight is 134 g/mol. The smallest absolute Gasteiger partial charge is 0.233 e. The van der Waals surface area contributed by atoms with Crippen LogP contribution in [0.1, 0.15) is 25.7 Å². The highest BCUT2D eigenvalue weighted by Crippen LogP contribution is 2.32. The van der Waals surface area contributed by atoms with Gasteiger partial charge in [0, 0.05) is 12.8 Å².